The molecule has 0 saturated heterocycles. The average molecular weight is 616 g/mol. The number of carbonyl (C=O) groups is 1. The van der Waals surface area contributed by atoms with Crippen molar-refractivity contribution in [1.29, 1.82) is 0 Å². The summed E-state index contributed by atoms with van der Waals surface area (Å²) in [6.07, 6.45) is 4.69. The van der Waals surface area contributed by atoms with Gasteiger partial charge in [0.25, 0.3) is 0 Å². The van der Waals surface area contributed by atoms with E-state index in [4.69, 9.17) is 9.47 Å². The van der Waals surface area contributed by atoms with Crippen LogP contribution in [0.25, 0.3) is 11.0 Å². The maximum Gasteiger partial charge on any atom is 0.389 e. The molecule has 1 aromatic carbocycles. The maximum atomic E-state index is 13.4. The first kappa shape index (κ1) is 34.7. The molecule has 3 heterocycles. The molecule has 1 aliphatic heterocycles. The molecule has 0 fully saturated rings. The van der Waals surface area contributed by atoms with Gasteiger partial charge >= 0.3 is 6.18 Å². The van der Waals surface area contributed by atoms with Crippen LogP contribution in [-0.2, 0) is 9.59 Å². The number of halogens is 3. The number of aromatic amines is 1. The van der Waals surface area contributed by atoms with Crippen LogP contribution in [-0.4, -0.2) is 47.8 Å². The molecule has 3 atom stereocenters. The number of benzene rings is 1. The molecule has 7 nitrogen and oxygen atoms in total. The molecule has 0 bridgehead atoms. The van der Waals surface area contributed by atoms with Crippen molar-refractivity contribution in [1.82, 2.24) is 9.97 Å². The summed E-state index contributed by atoms with van der Waals surface area (Å²) in [5.74, 6) is 2.75. The molecule has 0 spiro atoms. The Balaban J connectivity index is 0.000000411. The highest BCUT2D eigenvalue weighted by molar-refractivity contribution is 6.06. The van der Waals surface area contributed by atoms with Crippen LogP contribution in [0.5, 0.6) is 11.5 Å². The minimum absolute atomic E-state index is 0.0187. The second-order valence-electron chi connectivity index (χ2n) is 11.5. The van der Waals surface area contributed by atoms with Gasteiger partial charge in [-0.15, -0.1) is 0 Å². The summed E-state index contributed by atoms with van der Waals surface area (Å²) in [5.41, 5.74) is 3.00. The number of pyridine rings is 1. The topological polar surface area (TPSA) is 84.5 Å². The standard InChI is InChI=1S/C26H29N3O4.C8H15F3/c1-4-6-19(33-20-13-18-11-12-27-25(18)28-14-20)9-10-21-24-22(7-5-8-23(24)32-3)29(26(21)31)15-17(2)16-30;1-3-4-5-7(2)6-8(9,10)11/h5,7-8,11-14,19,21H,4,6,9-10,15H2,1-3H3,(H,27,28);7H,3-6H2,1-2H3. The van der Waals surface area contributed by atoms with Gasteiger partial charge in [-0.05, 0) is 56.4 Å². The van der Waals surface area contributed by atoms with E-state index in [1.165, 1.54) is 0 Å². The Hall–Kier alpha value is -3.78. The van der Waals surface area contributed by atoms with Crippen LogP contribution in [0.15, 0.2) is 48.3 Å². The summed E-state index contributed by atoms with van der Waals surface area (Å²) in [7, 11) is 1.61. The molecule has 0 aliphatic carbocycles. The number of aromatic nitrogens is 2. The predicted molar refractivity (Wildman–Crippen MR) is 167 cm³/mol. The van der Waals surface area contributed by atoms with Gasteiger partial charge in [0, 0.05) is 29.1 Å². The summed E-state index contributed by atoms with van der Waals surface area (Å²) < 4.78 is 47.1. The zero-order chi connectivity index (χ0) is 32.3. The number of nitrogens with one attached hydrogen (secondary N) is 1. The number of fused-ring (bicyclic) bond motifs is 2. The number of amides is 1. The Kier molecular flexibility index (Phi) is 12.9. The largest absolute Gasteiger partial charge is 0.496 e. The van der Waals surface area contributed by atoms with Crippen molar-refractivity contribution >= 4 is 28.6 Å². The van der Waals surface area contributed by atoms with E-state index in [1.54, 1.807) is 32.1 Å². The number of carbonyl (C=O) groups excluding carboxylic acids is 2. The number of anilines is 1. The van der Waals surface area contributed by atoms with E-state index in [2.05, 4.69) is 16.9 Å². The zero-order valence-electron chi connectivity index (χ0n) is 26.3. The lowest BCUT2D eigenvalue weighted by atomic mass is 9.92. The van der Waals surface area contributed by atoms with Gasteiger partial charge < -0.3 is 19.4 Å². The normalized spacial score (nSPS) is 15.7. The number of hydrogen-bond donors (Lipinski definition) is 1. The van der Waals surface area contributed by atoms with E-state index in [-0.39, 0.29) is 30.4 Å². The molecule has 44 heavy (non-hydrogen) atoms. The highest BCUT2D eigenvalue weighted by Gasteiger charge is 2.39. The Bertz CT molecular complexity index is 1410. The third-order valence-corrected chi connectivity index (χ3v) is 7.73. The third-order valence-electron chi connectivity index (χ3n) is 7.73. The first-order valence-corrected chi connectivity index (χ1v) is 15.4. The molecule has 0 radical (unpaired) electrons. The fourth-order valence-electron chi connectivity index (χ4n) is 5.59. The summed E-state index contributed by atoms with van der Waals surface area (Å²) >= 11 is 0. The van der Waals surface area contributed by atoms with Crippen LogP contribution in [0.2, 0.25) is 0 Å². The van der Waals surface area contributed by atoms with Crippen LogP contribution in [0, 0.1) is 5.92 Å². The van der Waals surface area contributed by atoms with E-state index in [0.717, 1.165) is 53.7 Å². The van der Waals surface area contributed by atoms with Crippen LogP contribution in [0.3, 0.4) is 0 Å². The number of unbranched alkanes of at least 4 members (excludes halogenated alkanes) is 1. The van der Waals surface area contributed by atoms with Crippen molar-refractivity contribution in [3.8, 4) is 11.5 Å². The Morgan fingerprint density at radius 2 is 1.93 bits per heavy atom. The minimum atomic E-state index is -3.98. The van der Waals surface area contributed by atoms with Crippen LogP contribution < -0.4 is 14.4 Å². The summed E-state index contributed by atoms with van der Waals surface area (Å²) in [4.78, 5) is 33.7. The second-order valence-corrected chi connectivity index (χ2v) is 11.5. The van der Waals surface area contributed by atoms with E-state index in [1.807, 2.05) is 49.4 Å². The molecule has 2 aromatic heterocycles. The monoisotopic (exact) mass is 615 g/mol. The van der Waals surface area contributed by atoms with Crippen LogP contribution in [0.4, 0.5) is 18.9 Å². The number of alkyl halides is 3. The Morgan fingerprint density at radius 1 is 1.16 bits per heavy atom. The maximum absolute atomic E-state index is 13.4. The van der Waals surface area contributed by atoms with Gasteiger partial charge in [-0.2, -0.15) is 13.2 Å². The van der Waals surface area contributed by atoms with E-state index >= 15 is 0 Å². The average Bonchev–Trinajstić information content (AvgIpc) is 3.56. The van der Waals surface area contributed by atoms with Crippen molar-refractivity contribution in [2.45, 2.75) is 97.3 Å². The third kappa shape index (κ3) is 9.61. The summed E-state index contributed by atoms with van der Waals surface area (Å²) in [6, 6.07) is 9.60. The van der Waals surface area contributed by atoms with Crippen molar-refractivity contribution < 1.29 is 32.2 Å². The SMILES string of the molecule is CCCC(CCC1C(=O)N(CC(C)=C=O)c2cccc(OC)c21)Oc1cnc2[nH]ccc2c1.CCCCC(C)CC(F)(F)F. The van der Waals surface area contributed by atoms with Gasteiger partial charge in [0.2, 0.25) is 5.91 Å². The van der Waals surface area contributed by atoms with Crippen LogP contribution >= 0.6 is 0 Å². The Morgan fingerprint density at radius 3 is 2.59 bits per heavy atom. The highest BCUT2D eigenvalue weighted by atomic mass is 19.4. The van der Waals surface area contributed by atoms with Crippen molar-refractivity contribution in [3.05, 3.63) is 53.9 Å². The number of nitrogens with zero attached hydrogens (tertiary/aromatic N) is 2. The first-order chi connectivity index (χ1) is 21.0. The molecule has 1 amide bonds. The summed E-state index contributed by atoms with van der Waals surface area (Å²) in [5, 5.41) is 1.00. The number of methoxy groups -OCH3 is 1. The van der Waals surface area contributed by atoms with Crippen molar-refractivity contribution in [3.63, 3.8) is 0 Å². The van der Waals surface area contributed by atoms with Gasteiger partial charge in [0.15, 0.2) is 0 Å². The number of ether oxygens (including phenoxy) is 2. The molecular formula is C34H44F3N3O4. The number of rotatable bonds is 14. The van der Waals surface area contributed by atoms with E-state index < -0.39 is 12.6 Å². The zero-order valence-corrected chi connectivity index (χ0v) is 26.3. The minimum Gasteiger partial charge on any atom is -0.496 e. The molecule has 240 valence electrons. The molecule has 3 unspecified atom stereocenters. The van der Waals surface area contributed by atoms with Crippen molar-refractivity contribution in [2.24, 2.45) is 5.92 Å². The summed E-state index contributed by atoms with van der Waals surface area (Å²) in [6.45, 7) is 7.69. The fourth-order valence-corrected chi connectivity index (χ4v) is 5.59. The van der Waals surface area contributed by atoms with Crippen molar-refractivity contribution in [2.75, 3.05) is 18.6 Å². The number of hydrogen-bond acceptors (Lipinski definition) is 5. The van der Waals surface area contributed by atoms with Gasteiger partial charge in [-0.3, -0.25) is 4.79 Å². The second kappa shape index (κ2) is 16.3. The predicted octanol–water partition coefficient (Wildman–Crippen LogP) is 8.57. The lowest BCUT2D eigenvalue weighted by molar-refractivity contribution is -0.143. The van der Waals surface area contributed by atoms with E-state index in [9.17, 15) is 22.8 Å². The molecule has 4 rings (SSSR count). The van der Waals surface area contributed by atoms with Gasteiger partial charge in [-0.1, -0.05) is 52.5 Å². The molecule has 0 saturated carbocycles. The van der Waals surface area contributed by atoms with Gasteiger partial charge in [-0.25, -0.2) is 9.78 Å². The molecule has 3 aromatic rings. The molecule has 1 aliphatic rings. The molecular weight excluding hydrogens is 571 g/mol. The lowest BCUT2D eigenvalue weighted by Gasteiger charge is -2.21. The fraction of sp³-hybridized carbons (Fsp3) is 0.529. The quantitative estimate of drug-likeness (QED) is 0.184. The first-order valence-electron chi connectivity index (χ1n) is 15.4. The van der Waals surface area contributed by atoms with E-state index in [0.29, 0.717) is 30.6 Å². The Labute approximate surface area is 257 Å². The smallest absolute Gasteiger partial charge is 0.389 e. The van der Waals surface area contributed by atoms with Crippen LogP contribution in [0.1, 0.15) is 90.5 Å². The molecule has 10 heteroatoms. The number of H-pyrrole nitrogens is 1. The highest BCUT2D eigenvalue weighted by Crippen LogP contribution is 2.45. The van der Waals surface area contributed by atoms with Gasteiger partial charge in [0.1, 0.15) is 23.1 Å². The lowest BCUT2D eigenvalue weighted by Crippen LogP contribution is -2.31. The molecule has 1 N–H and O–H groups in total. The van der Waals surface area contributed by atoms with Gasteiger partial charge in [0.05, 0.1) is 37.6 Å².